The van der Waals surface area contributed by atoms with Gasteiger partial charge in [-0.05, 0) is 24.3 Å². The lowest BCUT2D eigenvalue weighted by Gasteiger charge is -2.34. The summed E-state index contributed by atoms with van der Waals surface area (Å²) >= 11 is 0. The normalized spacial score (nSPS) is 25.2. The third kappa shape index (κ3) is 3.06. The summed E-state index contributed by atoms with van der Waals surface area (Å²) in [7, 11) is -1.68. The molecule has 1 aromatic rings. The minimum Gasteiger partial charge on any atom is -0.373 e. The van der Waals surface area contributed by atoms with E-state index >= 15 is 0 Å². The molecule has 1 fully saturated rings. The summed E-state index contributed by atoms with van der Waals surface area (Å²) < 4.78 is 26.8. The molecule has 1 aliphatic heterocycles. The second-order valence-corrected chi connectivity index (χ2v) is 7.33. The monoisotopic (exact) mass is 283 g/mol. The maximum Gasteiger partial charge on any atom is 0.243 e. The summed E-state index contributed by atoms with van der Waals surface area (Å²) in [5.74, 6) is 1.38. The van der Waals surface area contributed by atoms with Gasteiger partial charge in [-0.25, -0.2) is 13.4 Å². The van der Waals surface area contributed by atoms with E-state index in [1.54, 1.807) is 23.5 Å². The predicted octanol–water partition coefficient (Wildman–Crippen LogP) is 1.79. The quantitative estimate of drug-likeness (QED) is 0.918. The first-order chi connectivity index (χ1) is 8.93. The van der Waals surface area contributed by atoms with Crippen molar-refractivity contribution >= 4 is 15.8 Å². The van der Waals surface area contributed by atoms with Gasteiger partial charge in [-0.15, -0.1) is 0 Å². The lowest BCUT2D eigenvalue weighted by atomic mass is 9.94. The zero-order chi connectivity index (χ0) is 14.0. The van der Waals surface area contributed by atoms with Gasteiger partial charge in [0.1, 0.15) is 5.82 Å². The standard InChI is InChI=1S/C13H21N3O2S/c1-10-6-11(2)9-16(8-10)19(17,18)12-4-5-15-13(7-12)14-3/h4-5,7,10-11H,6,8-9H2,1-3H3,(H,14,15). The van der Waals surface area contributed by atoms with E-state index in [1.165, 1.54) is 6.20 Å². The number of hydrogen-bond donors (Lipinski definition) is 1. The minimum atomic E-state index is -3.41. The molecule has 5 nitrogen and oxygen atoms in total. The molecule has 19 heavy (non-hydrogen) atoms. The molecule has 0 radical (unpaired) electrons. The fourth-order valence-corrected chi connectivity index (χ4v) is 4.35. The first-order valence-corrected chi connectivity index (χ1v) is 8.01. The maximum atomic E-state index is 12.6. The topological polar surface area (TPSA) is 62.3 Å². The molecule has 0 bridgehead atoms. The molecular formula is C13H21N3O2S. The molecule has 2 heterocycles. The van der Waals surface area contributed by atoms with E-state index in [4.69, 9.17) is 0 Å². The van der Waals surface area contributed by atoms with Crippen molar-refractivity contribution in [3.8, 4) is 0 Å². The molecule has 0 amide bonds. The van der Waals surface area contributed by atoms with Crippen molar-refractivity contribution < 1.29 is 8.42 Å². The van der Waals surface area contributed by atoms with Crippen molar-refractivity contribution in [1.29, 1.82) is 0 Å². The van der Waals surface area contributed by atoms with Crippen molar-refractivity contribution in [2.24, 2.45) is 11.8 Å². The highest BCUT2D eigenvalue weighted by Gasteiger charge is 2.31. The van der Waals surface area contributed by atoms with Crippen LogP contribution in [0.5, 0.6) is 0 Å². The fourth-order valence-electron chi connectivity index (χ4n) is 2.66. The van der Waals surface area contributed by atoms with Crippen LogP contribution in [0, 0.1) is 11.8 Å². The maximum absolute atomic E-state index is 12.6. The van der Waals surface area contributed by atoms with Crippen molar-refractivity contribution in [1.82, 2.24) is 9.29 Å². The van der Waals surface area contributed by atoms with Gasteiger partial charge in [-0.2, -0.15) is 4.31 Å². The van der Waals surface area contributed by atoms with Crippen LogP contribution in [0.15, 0.2) is 23.2 Å². The molecule has 6 heteroatoms. The molecule has 0 saturated carbocycles. The first-order valence-electron chi connectivity index (χ1n) is 6.57. The van der Waals surface area contributed by atoms with Crippen molar-refractivity contribution in [3.63, 3.8) is 0 Å². The van der Waals surface area contributed by atoms with Crippen LogP contribution in [0.3, 0.4) is 0 Å². The van der Waals surface area contributed by atoms with Gasteiger partial charge in [0.05, 0.1) is 4.90 Å². The highest BCUT2D eigenvalue weighted by atomic mass is 32.2. The highest BCUT2D eigenvalue weighted by Crippen LogP contribution is 2.27. The number of pyridine rings is 1. The molecular weight excluding hydrogens is 262 g/mol. The van der Waals surface area contributed by atoms with E-state index in [9.17, 15) is 8.42 Å². The molecule has 0 aromatic carbocycles. The predicted molar refractivity (Wildman–Crippen MR) is 75.5 cm³/mol. The Morgan fingerprint density at radius 1 is 1.32 bits per heavy atom. The highest BCUT2D eigenvalue weighted by molar-refractivity contribution is 7.89. The van der Waals surface area contributed by atoms with Gasteiger partial charge in [-0.3, -0.25) is 0 Å². The average molecular weight is 283 g/mol. The van der Waals surface area contributed by atoms with Gasteiger partial charge in [-0.1, -0.05) is 13.8 Å². The Bertz CT molecular complexity index is 535. The van der Waals surface area contributed by atoms with Gasteiger partial charge in [0, 0.05) is 32.4 Å². The molecule has 2 atom stereocenters. The zero-order valence-corrected chi connectivity index (χ0v) is 12.4. The van der Waals surface area contributed by atoms with E-state index in [1.807, 2.05) is 0 Å². The van der Waals surface area contributed by atoms with Gasteiger partial charge in [0.25, 0.3) is 0 Å². The van der Waals surface area contributed by atoms with Gasteiger partial charge >= 0.3 is 0 Å². The number of sulfonamides is 1. The molecule has 106 valence electrons. The van der Waals surface area contributed by atoms with Crippen LogP contribution in [-0.2, 0) is 10.0 Å². The Morgan fingerprint density at radius 2 is 1.95 bits per heavy atom. The molecule has 0 aliphatic carbocycles. The van der Waals surface area contributed by atoms with Crippen LogP contribution in [0.2, 0.25) is 0 Å². The van der Waals surface area contributed by atoms with E-state index in [-0.39, 0.29) is 0 Å². The SMILES string of the molecule is CNc1cc(S(=O)(=O)N2CC(C)CC(C)C2)ccn1. The second-order valence-electron chi connectivity index (χ2n) is 5.39. The number of anilines is 1. The molecule has 1 aromatic heterocycles. The Labute approximate surface area is 115 Å². The smallest absolute Gasteiger partial charge is 0.243 e. The van der Waals surface area contributed by atoms with Crippen LogP contribution in [0.1, 0.15) is 20.3 Å². The van der Waals surface area contributed by atoms with Crippen molar-refractivity contribution in [2.45, 2.75) is 25.2 Å². The number of aromatic nitrogens is 1. The summed E-state index contributed by atoms with van der Waals surface area (Å²) in [6.07, 6.45) is 2.61. The summed E-state index contributed by atoms with van der Waals surface area (Å²) in [5, 5.41) is 2.87. The summed E-state index contributed by atoms with van der Waals surface area (Å²) in [6.45, 7) is 5.40. The summed E-state index contributed by atoms with van der Waals surface area (Å²) in [6, 6.07) is 3.14. The van der Waals surface area contributed by atoms with Crippen molar-refractivity contribution in [3.05, 3.63) is 18.3 Å². The number of nitrogens with zero attached hydrogens (tertiary/aromatic N) is 2. The second kappa shape index (κ2) is 5.46. The largest absolute Gasteiger partial charge is 0.373 e. The van der Waals surface area contributed by atoms with Crippen molar-refractivity contribution in [2.75, 3.05) is 25.5 Å². The fraction of sp³-hybridized carbons (Fsp3) is 0.615. The van der Waals surface area contributed by atoms with Crippen LogP contribution in [0.4, 0.5) is 5.82 Å². The molecule has 1 saturated heterocycles. The molecule has 2 unspecified atom stereocenters. The number of nitrogens with one attached hydrogen (secondary N) is 1. The minimum absolute atomic E-state index is 0.313. The third-order valence-electron chi connectivity index (χ3n) is 3.46. The lowest BCUT2D eigenvalue weighted by Crippen LogP contribution is -2.42. The van der Waals surface area contributed by atoms with Crippen LogP contribution >= 0.6 is 0 Å². The zero-order valence-electron chi connectivity index (χ0n) is 11.6. The average Bonchev–Trinajstić information content (AvgIpc) is 2.37. The summed E-state index contributed by atoms with van der Waals surface area (Å²) in [4.78, 5) is 4.37. The van der Waals surface area contributed by atoms with Gasteiger partial charge < -0.3 is 5.32 Å². The number of piperidine rings is 1. The molecule has 2 rings (SSSR count). The number of hydrogen-bond acceptors (Lipinski definition) is 4. The Balaban J connectivity index is 2.30. The molecule has 1 aliphatic rings. The Hall–Kier alpha value is -1.14. The third-order valence-corrected chi connectivity index (χ3v) is 5.29. The van der Waals surface area contributed by atoms with E-state index < -0.39 is 10.0 Å². The first kappa shape index (κ1) is 14.3. The lowest BCUT2D eigenvalue weighted by molar-refractivity contribution is 0.222. The Kier molecular flexibility index (Phi) is 4.10. The molecule has 1 N–H and O–H groups in total. The van der Waals surface area contributed by atoms with E-state index in [0.717, 1.165) is 6.42 Å². The van der Waals surface area contributed by atoms with E-state index in [0.29, 0.717) is 35.6 Å². The van der Waals surface area contributed by atoms with Crippen LogP contribution in [0.25, 0.3) is 0 Å². The van der Waals surface area contributed by atoms with Crippen LogP contribution < -0.4 is 5.32 Å². The Morgan fingerprint density at radius 3 is 2.53 bits per heavy atom. The van der Waals surface area contributed by atoms with Gasteiger partial charge in [0.15, 0.2) is 0 Å². The van der Waals surface area contributed by atoms with Gasteiger partial charge in [0.2, 0.25) is 10.0 Å². The molecule has 0 spiro atoms. The van der Waals surface area contributed by atoms with E-state index in [2.05, 4.69) is 24.1 Å². The van der Waals surface area contributed by atoms with Crippen LogP contribution in [-0.4, -0.2) is 37.8 Å². The summed E-state index contributed by atoms with van der Waals surface area (Å²) in [5.41, 5.74) is 0. The number of rotatable bonds is 3.